The highest BCUT2D eigenvalue weighted by molar-refractivity contribution is 6.77. The molecule has 1 aromatic carbocycles. The summed E-state index contributed by atoms with van der Waals surface area (Å²) in [4.78, 5) is 0. The van der Waals surface area contributed by atoms with Gasteiger partial charge in [-0.05, 0) is 0 Å². The minimum atomic E-state index is -1.32. The number of benzene rings is 1. The van der Waals surface area contributed by atoms with E-state index in [9.17, 15) is 0 Å². The maximum Gasteiger partial charge on any atom is 0.115 e. The SMILES string of the molecule is [B-][N+](C)(C)C(c1ccccc1)[Si](C)(C)C. The zero-order valence-corrected chi connectivity index (χ0v) is 11.5. The largest absolute Gasteiger partial charge is 0.590 e. The maximum atomic E-state index is 6.27. The summed E-state index contributed by atoms with van der Waals surface area (Å²) >= 11 is 0. The molecule has 0 amide bonds. The standard InChI is InChI=1S/C12H21BNSi/c1-14(2,13)12(15(3,4)5)11-9-7-6-8-10-11/h6-10,12H,1-5H3. The Bertz CT molecular complexity index is 297. The monoisotopic (exact) mass is 218 g/mol. The Morgan fingerprint density at radius 1 is 1.07 bits per heavy atom. The van der Waals surface area contributed by atoms with Crippen LogP contribution in [0.4, 0.5) is 0 Å². The zero-order chi connectivity index (χ0) is 11.7. The zero-order valence-electron chi connectivity index (χ0n) is 10.5. The molecule has 0 heterocycles. The molecule has 1 unspecified atom stereocenters. The van der Waals surface area contributed by atoms with Gasteiger partial charge in [0.25, 0.3) is 0 Å². The molecule has 0 N–H and O–H groups in total. The molecule has 15 heavy (non-hydrogen) atoms. The summed E-state index contributed by atoms with van der Waals surface area (Å²) in [6, 6.07) is 10.6. The molecule has 0 fully saturated rings. The fourth-order valence-electron chi connectivity index (χ4n) is 2.52. The molecule has 0 spiro atoms. The Morgan fingerprint density at radius 2 is 1.53 bits per heavy atom. The lowest BCUT2D eigenvalue weighted by molar-refractivity contribution is -0.794. The number of nitrogens with zero attached hydrogens (tertiary/aromatic N) is 1. The smallest absolute Gasteiger partial charge is 0.115 e. The Labute approximate surface area is 96.1 Å². The first-order valence-electron chi connectivity index (χ1n) is 5.40. The first kappa shape index (κ1) is 12.5. The van der Waals surface area contributed by atoms with E-state index in [0.717, 1.165) is 0 Å². The number of quaternary nitrogens is 1. The molecule has 3 heteroatoms. The maximum absolute atomic E-state index is 6.27. The third-order valence-corrected chi connectivity index (χ3v) is 5.24. The van der Waals surface area contributed by atoms with Crippen LogP contribution in [0.25, 0.3) is 0 Å². The van der Waals surface area contributed by atoms with Gasteiger partial charge in [-0.15, -0.1) is 0 Å². The van der Waals surface area contributed by atoms with Crippen molar-refractivity contribution in [2.45, 2.75) is 25.3 Å². The summed E-state index contributed by atoms with van der Waals surface area (Å²) in [5.74, 6) is 0. The van der Waals surface area contributed by atoms with Gasteiger partial charge in [-0.1, -0.05) is 50.0 Å². The average molecular weight is 218 g/mol. The van der Waals surface area contributed by atoms with Crippen molar-refractivity contribution in [3.05, 3.63) is 35.9 Å². The van der Waals surface area contributed by atoms with Crippen molar-refractivity contribution in [1.82, 2.24) is 0 Å². The van der Waals surface area contributed by atoms with Gasteiger partial charge in [-0.3, -0.25) is 0 Å². The average Bonchev–Trinajstić information content (AvgIpc) is 2.00. The molecule has 0 aliphatic rings. The summed E-state index contributed by atoms with van der Waals surface area (Å²) in [7, 11) is 9.11. The Balaban J connectivity index is 3.15. The van der Waals surface area contributed by atoms with Gasteiger partial charge in [0.05, 0.1) is 5.67 Å². The molecule has 1 rings (SSSR count). The van der Waals surface area contributed by atoms with Gasteiger partial charge < -0.3 is 4.39 Å². The van der Waals surface area contributed by atoms with Gasteiger partial charge in [-0.25, -0.2) is 7.98 Å². The summed E-state index contributed by atoms with van der Waals surface area (Å²) in [6.45, 7) is 7.12. The van der Waals surface area contributed by atoms with Gasteiger partial charge in [0.15, 0.2) is 0 Å². The second-order valence-corrected chi connectivity index (χ2v) is 11.1. The number of hydrogen-bond donors (Lipinski definition) is 0. The first-order valence-corrected chi connectivity index (χ1v) is 8.98. The van der Waals surface area contributed by atoms with Gasteiger partial charge in [-0.2, -0.15) is 0 Å². The van der Waals surface area contributed by atoms with Crippen LogP contribution in [0.2, 0.25) is 19.6 Å². The van der Waals surface area contributed by atoms with Crippen LogP contribution in [-0.4, -0.2) is 34.5 Å². The Kier molecular flexibility index (Phi) is 3.46. The van der Waals surface area contributed by atoms with Crippen molar-refractivity contribution >= 4 is 16.1 Å². The van der Waals surface area contributed by atoms with E-state index in [1.54, 1.807) is 0 Å². The van der Waals surface area contributed by atoms with Crippen molar-refractivity contribution < 1.29 is 4.39 Å². The van der Waals surface area contributed by atoms with E-state index in [4.69, 9.17) is 7.98 Å². The molecule has 0 aliphatic heterocycles. The van der Waals surface area contributed by atoms with Crippen molar-refractivity contribution in [3.63, 3.8) is 0 Å². The van der Waals surface area contributed by atoms with E-state index in [2.05, 4.69) is 64.1 Å². The Morgan fingerprint density at radius 3 is 1.87 bits per heavy atom. The second kappa shape index (κ2) is 4.14. The van der Waals surface area contributed by atoms with E-state index in [1.807, 2.05) is 0 Å². The molecule has 0 saturated heterocycles. The van der Waals surface area contributed by atoms with E-state index >= 15 is 0 Å². The summed E-state index contributed by atoms with van der Waals surface area (Å²) in [5, 5.41) is 0. The summed E-state index contributed by atoms with van der Waals surface area (Å²) < 4.78 is 0.528. The molecular formula is C12H21BNSi. The van der Waals surface area contributed by atoms with Gasteiger partial charge in [0.2, 0.25) is 0 Å². The van der Waals surface area contributed by atoms with Crippen LogP contribution in [0, 0.1) is 0 Å². The molecule has 3 radical (unpaired) electrons. The van der Waals surface area contributed by atoms with Crippen LogP contribution < -0.4 is 0 Å². The molecule has 1 aromatic rings. The topological polar surface area (TPSA) is 0 Å². The predicted molar refractivity (Wildman–Crippen MR) is 70.4 cm³/mol. The van der Waals surface area contributed by atoms with Gasteiger partial charge in [0.1, 0.15) is 8.07 Å². The van der Waals surface area contributed by atoms with Gasteiger partial charge >= 0.3 is 0 Å². The highest BCUT2D eigenvalue weighted by Crippen LogP contribution is 2.32. The highest BCUT2D eigenvalue weighted by Gasteiger charge is 2.33. The van der Waals surface area contributed by atoms with E-state index in [0.29, 0.717) is 10.1 Å². The van der Waals surface area contributed by atoms with Crippen LogP contribution >= 0.6 is 0 Å². The van der Waals surface area contributed by atoms with Crippen LogP contribution in [0.5, 0.6) is 0 Å². The molecule has 0 aromatic heterocycles. The van der Waals surface area contributed by atoms with E-state index in [1.165, 1.54) is 5.56 Å². The normalized spacial score (nSPS) is 15.1. The lowest BCUT2D eigenvalue weighted by Crippen LogP contribution is -2.51. The summed E-state index contributed by atoms with van der Waals surface area (Å²) in [5.41, 5.74) is 1.81. The minimum Gasteiger partial charge on any atom is -0.590 e. The van der Waals surface area contributed by atoms with Crippen LogP contribution in [0.1, 0.15) is 11.2 Å². The van der Waals surface area contributed by atoms with Crippen molar-refractivity contribution in [2.24, 2.45) is 0 Å². The molecule has 0 aliphatic carbocycles. The number of rotatable bonds is 3. The lowest BCUT2D eigenvalue weighted by Gasteiger charge is -2.53. The third kappa shape index (κ3) is 3.21. The quantitative estimate of drug-likeness (QED) is 0.684. The van der Waals surface area contributed by atoms with E-state index < -0.39 is 8.07 Å². The van der Waals surface area contributed by atoms with E-state index in [-0.39, 0.29) is 0 Å². The molecule has 0 bridgehead atoms. The Hall–Kier alpha value is -0.538. The van der Waals surface area contributed by atoms with Crippen molar-refractivity contribution in [3.8, 4) is 0 Å². The van der Waals surface area contributed by atoms with Crippen molar-refractivity contribution in [2.75, 3.05) is 14.1 Å². The number of hydrogen-bond acceptors (Lipinski definition) is 0. The van der Waals surface area contributed by atoms with Crippen LogP contribution in [0.15, 0.2) is 30.3 Å². The highest BCUT2D eigenvalue weighted by atomic mass is 28.3. The fraction of sp³-hybridized carbons (Fsp3) is 0.500. The lowest BCUT2D eigenvalue weighted by atomic mass is 10.1. The fourth-order valence-corrected chi connectivity index (χ4v) is 5.71. The molecule has 0 saturated carbocycles. The predicted octanol–water partition coefficient (Wildman–Crippen LogP) is 2.77. The van der Waals surface area contributed by atoms with Crippen molar-refractivity contribution in [1.29, 1.82) is 0 Å². The summed E-state index contributed by atoms with van der Waals surface area (Å²) in [6.07, 6.45) is 0. The van der Waals surface area contributed by atoms with Gasteiger partial charge in [0, 0.05) is 19.7 Å². The second-order valence-electron chi connectivity index (χ2n) is 5.81. The van der Waals surface area contributed by atoms with Crippen LogP contribution in [0.3, 0.4) is 0 Å². The third-order valence-electron chi connectivity index (χ3n) is 2.60. The molecule has 1 atom stereocenters. The molecule has 81 valence electrons. The minimum absolute atomic E-state index is 0.443. The molecule has 1 nitrogen and oxygen atoms in total. The first-order chi connectivity index (χ1) is 6.73. The molecular weight excluding hydrogens is 197 g/mol. The van der Waals surface area contributed by atoms with Crippen LogP contribution in [-0.2, 0) is 0 Å².